The van der Waals surface area contributed by atoms with Crippen LogP contribution in [0.3, 0.4) is 0 Å². The van der Waals surface area contributed by atoms with E-state index < -0.39 is 23.6 Å². The van der Waals surface area contributed by atoms with Gasteiger partial charge < -0.3 is 29.0 Å². The summed E-state index contributed by atoms with van der Waals surface area (Å²) in [5.74, 6) is -1.87. The van der Waals surface area contributed by atoms with Gasteiger partial charge >= 0.3 is 6.01 Å². The summed E-state index contributed by atoms with van der Waals surface area (Å²) < 4.78 is 43.7. The number of likely N-dealkylation sites (tertiary alicyclic amines) is 1. The van der Waals surface area contributed by atoms with Crippen LogP contribution in [-0.2, 0) is 9.53 Å². The Hall–Kier alpha value is -4.74. The molecular weight excluding hydrogens is 720 g/mol. The van der Waals surface area contributed by atoms with Gasteiger partial charge in [-0.15, -0.1) is 11.3 Å². The number of piperidine rings is 1. The van der Waals surface area contributed by atoms with Gasteiger partial charge in [-0.3, -0.25) is 4.79 Å². The molecule has 2 aliphatic heterocycles. The summed E-state index contributed by atoms with van der Waals surface area (Å²) in [5.41, 5.74) is 1.05. The Bertz CT molecular complexity index is 2170. The fourth-order valence-corrected chi connectivity index (χ4v) is 8.01. The number of carbonyl (C=O) groups excluding carboxylic acids is 1. The molecule has 4 heterocycles. The van der Waals surface area contributed by atoms with Gasteiger partial charge in [0.2, 0.25) is 6.54 Å². The fraction of sp³-hybridized carbons (Fsp3) is 0.359. The molecule has 0 aliphatic carbocycles. The first-order valence-electron chi connectivity index (χ1n) is 17.6. The number of nitrogens with zero attached hydrogens (tertiary/aromatic N) is 7. The molecule has 5 aromatic rings. The van der Waals surface area contributed by atoms with Crippen LogP contribution in [0.2, 0.25) is 5.02 Å². The monoisotopic (exact) mass is 757 g/mol. The molecule has 0 bridgehead atoms. The zero-order valence-corrected chi connectivity index (χ0v) is 30.8. The van der Waals surface area contributed by atoms with Crippen LogP contribution in [0.25, 0.3) is 43.7 Å². The van der Waals surface area contributed by atoms with E-state index in [1.165, 1.54) is 22.4 Å². The van der Waals surface area contributed by atoms with E-state index in [-0.39, 0.29) is 43.8 Å². The van der Waals surface area contributed by atoms with E-state index in [0.717, 1.165) is 55.7 Å². The Kier molecular flexibility index (Phi) is 11.4. The number of halogens is 3. The van der Waals surface area contributed by atoms with E-state index in [1.54, 1.807) is 30.7 Å². The van der Waals surface area contributed by atoms with Gasteiger partial charge in [-0.1, -0.05) is 48.0 Å². The summed E-state index contributed by atoms with van der Waals surface area (Å²) >= 11 is 7.87. The highest BCUT2D eigenvalue weighted by Gasteiger charge is 2.36. The summed E-state index contributed by atoms with van der Waals surface area (Å²) in [5, 5.41) is 4.65. The van der Waals surface area contributed by atoms with E-state index in [9.17, 15) is 4.79 Å². The van der Waals surface area contributed by atoms with E-state index in [4.69, 9.17) is 32.6 Å². The Labute approximate surface area is 315 Å². The van der Waals surface area contributed by atoms with Crippen LogP contribution in [0, 0.1) is 12.4 Å². The van der Waals surface area contributed by atoms with E-state index in [0.29, 0.717) is 39.0 Å². The molecule has 1 amide bonds. The molecule has 14 heteroatoms. The van der Waals surface area contributed by atoms with Gasteiger partial charge in [0.1, 0.15) is 28.5 Å². The predicted molar refractivity (Wildman–Crippen MR) is 204 cm³/mol. The zero-order chi connectivity index (χ0) is 36.9. The number of hydrogen-bond donors (Lipinski definition) is 0. The summed E-state index contributed by atoms with van der Waals surface area (Å²) in [6.45, 7) is 11.5. The van der Waals surface area contributed by atoms with Crippen LogP contribution in [-0.4, -0.2) is 102 Å². The number of hydrogen-bond acceptors (Lipinski definition) is 9. The maximum Gasteiger partial charge on any atom is 0.319 e. The van der Waals surface area contributed by atoms with Crippen molar-refractivity contribution in [1.82, 2.24) is 24.8 Å². The fourth-order valence-electron chi connectivity index (χ4n) is 7.17. The molecule has 2 aliphatic rings. The lowest BCUT2D eigenvalue weighted by Crippen LogP contribution is -2.56. The first kappa shape index (κ1) is 36.6. The molecule has 0 N–H and O–H groups in total. The van der Waals surface area contributed by atoms with Gasteiger partial charge in [0.05, 0.1) is 0 Å². The molecule has 0 saturated carbocycles. The van der Waals surface area contributed by atoms with Crippen LogP contribution in [0.15, 0.2) is 65.9 Å². The number of thiazole rings is 1. The standard InChI is InChI=1S/C39H38ClF2N7O3S/c1-43-23-26-24-48(18-19-49(26)38(50)32(41)22-33-44-14-21-53-33)37-30-11-10-29(28-8-3-6-25-7-4-9-31(40)34(25)28)35(42)36(30)45-39(46-37)52-27-12-16-47(17-13-27)15-5-20-51-2/h3-4,6-11,14,21-22,26-27H,5,12-13,15-20,23-24H2,2H3/b32-22-/t26-/m0/s1. The molecule has 7 rings (SSSR count). The molecule has 274 valence electrons. The summed E-state index contributed by atoms with van der Waals surface area (Å²) in [7, 11) is 1.70. The zero-order valence-electron chi connectivity index (χ0n) is 29.2. The molecule has 53 heavy (non-hydrogen) atoms. The van der Waals surface area contributed by atoms with E-state index in [2.05, 4.69) is 19.7 Å². The number of piperazine rings is 1. The molecule has 0 radical (unpaired) electrons. The topological polar surface area (TPSA) is 88.3 Å². The van der Waals surface area contributed by atoms with E-state index in [1.807, 2.05) is 35.2 Å². The Morgan fingerprint density at radius 3 is 2.66 bits per heavy atom. The van der Waals surface area contributed by atoms with Crippen molar-refractivity contribution in [2.45, 2.75) is 31.4 Å². The second-order valence-electron chi connectivity index (χ2n) is 13.1. The van der Waals surface area contributed by atoms with Crippen LogP contribution in [0.1, 0.15) is 24.3 Å². The number of amides is 1. The smallest absolute Gasteiger partial charge is 0.319 e. The molecule has 2 saturated heterocycles. The number of fused-ring (bicyclic) bond motifs is 2. The van der Waals surface area contributed by atoms with Crippen molar-refractivity contribution in [2.24, 2.45) is 0 Å². The first-order chi connectivity index (χ1) is 25.8. The average molecular weight is 758 g/mol. The number of rotatable bonds is 11. The summed E-state index contributed by atoms with van der Waals surface area (Å²) in [6, 6.07) is 14.1. The van der Waals surface area contributed by atoms with Crippen molar-refractivity contribution >= 4 is 62.4 Å². The number of benzene rings is 3. The van der Waals surface area contributed by atoms with Crippen LogP contribution in [0.5, 0.6) is 6.01 Å². The minimum atomic E-state index is -0.945. The van der Waals surface area contributed by atoms with Crippen molar-refractivity contribution in [3.05, 3.63) is 93.2 Å². The second-order valence-corrected chi connectivity index (χ2v) is 14.4. The third kappa shape index (κ3) is 7.96. The molecule has 2 fully saturated rings. The lowest BCUT2D eigenvalue weighted by Gasteiger charge is -2.40. The van der Waals surface area contributed by atoms with E-state index >= 15 is 8.78 Å². The minimum Gasteiger partial charge on any atom is -0.460 e. The molecular formula is C39H38ClF2N7O3S. The van der Waals surface area contributed by atoms with Crippen LogP contribution < -0.4 is 9.64 Å². The SMILES string of the molecule is [C-]#[N+]C[C@H]1CN(c2nc(OC3CCN(CCCOC)CC3)nc3c(F)c(-c4cccc5cccc(Cl)c45)ccc23)CCN1C(=O)/C(F)=C/c1nccs1. The van der Waals surface area contributed by atoms with Gasteiger partial charge in [0.15, 0.2) is 11.6 Å². The van der Waals surface area contributed by atoms with Crippen LogP contribution in [0.4, 0.5) is 14.6 Å². The van der Waals surface area contributed by atoms with Crippen molar-refractivity contribution in [1.29, 1.82) is 0 Å². The summed E-state index contributed by atoms with van der Waals surface area (Å²) in [4.78, 5) is 36.1. The van der Waals surface area contributed by atoms with Crippen molar-refractivity contribution in [3.8, 4) is 17.1 Å². The molecule has 2 aromatic heterocycles. The normalized spacial score (nSPS) is 17.4. The first-order valence-corrected chi connectivity index (χ1v) is 18.8. The largest absolute Gasteiger partial charge is 0.460 e. The number of ether oxygens (including phenoxy) is 2. The quantitative estimate of drug-likeness (QED) is 0.0777. The molecule has 1 atom stereocenters. The maximum absolute atomic E-state index is 17.0. The highest BCUT2D eigenvalue weighted by atomic mass is 35.5. The highest BCUT2D eigenvalue weighted by Crippen LogP contribution is 2.39. The number of anilines is 1. The lowest BCUT2D eigenvalue weighted by atomic mass is 9.96. The van der Waals surface area contributed by atoms with Crippen molar-refractivity contribution < 1.29 is 23.0 Å². The van der Waals surface area contributed by atoms with Gasteiger partial charge in [0.25, 0.3) is 5.91 Å². The summed E-state index contributed by atoms with van der Waals surface area (Å²) in [6.07, 6.45) is 4.95. The highest BCUT2D eigenvalue weighted by molar-refractivity contribution is 7.10. The van der Waals surface area contributed by atoms with Gasteiger partial charge in [-0.25, -0.2) is 20.3 Å². The minimum absolute atomic E-state index is 0.0509. The molecule has 0 spiro atoms. The Balaban J connectivity index is 1.24. The maximum atomic E-state index is 17.0. The van der Waals surface area contributed by atoms with Gasteiger partial charge in [0, 0.05) is 92.0 Å². The molecule has 0 unspecified atom stereocenters. The van der Waals surface area contributed by atoms with Crippen molar-refractivity contribution in [3.63, 3.8) is 0 Å². The molecule has 10 nitrogen and oxygen atoms in total. The third-order valence-electron chi connectivity index (χ3n) is 9.79. The third-order valence-corrected chi connectivity index (χ3v) is 10.8. The Morgan fingerprint density at radius 1 is 1.09 bits per heavy atom. The van der Waals surface area contributed by atoms with Gasteiger partial charge in [-0.05, 0) is 42.3 Å². The molecule has 3 aromatic carbocycles. The Morgan fingerprint density at radius 2 is 1.91 bits per heavy atom. The number of aromatic nitrogens is 3. The average Bonchev–Trinajstić information content (AvgIpc) is 3.69. The lowest BCUT2D eigenvalue weighted by molar-refractivity contribution is -0.130. The van der Waals surface area contributed by atoms with Gasteiger partial charge in [-0.2, -0.15) is 9.97 Å². The second kappa shape index (κ2) is 16.5. The van der Waals surface area contributed by atoms with Crippen molar-refractivity contribution in [2.75, 3.05) is 64.4 Å². The number of methoxy groups -OCH3 is 1. The van der Waals surface area contributed by atoms with Crippen LogP contribution >= 0.6 is 22.9 Å². The number of carbonyl (C=O) groups is 1. The predicted octanol–water partition coefficient (Wildman–Crippen LogP) is 7.53.